The van der Waals surface area contributed by atoms with Crippen LogP contribution in [0.2, 0.25) is 0 Å². The molecule has 0 saturated heterocycles. The molecule has 4 rings (SSSR count). The van der Waals surface area contributed by atoms with Crippen molar-refractivity contribution in [1.82, 2.24) is 14.9 Å². The van der Waals surface area contributed by atoms with E-state index in [2.05, 4.69) is 18.0 Å². The number of aryl methyl sites for hydroxylation is 1. The lowest BCUT2D eigenvalue weighted by Gasteiger charge is -2.24. The average Bonchev–Trinajstić information content (AvgIpc) is 3.08. The van der Waals surface area contributed by atoms with Crippen molar-refractivity contribution in [3.63, 3.8) is 0 Å². The predicted molar refractivity (Wildman–Crippen MR) is 118 cm³/mol. The fraction of sp³-hybridized carbons (Fsp3) is 0.348. The summed E-state index contributed by atoms with van der Waals surface area (Å²) in [6.45, 7) is 6.72. The molecule has 7 heteroatoms. The van der Waals surface area contributed by atoms with Crippen LogP contribution in [0.25, 0.3) is 22.4 Å². The minimum absolute atomic E-state index is 0.0101. The number of thiazole rings is 1. The first-order valence-corrected chi connectivity index (χ1v) is 10.9. The van der Waals surface area contributed by atoms with E-state index < -0.39 is 0 Å². The summed E-state index contributed by atoms with van der Waals surface area (Å²) < 4.78 is 5.96. The van der Waals surface area contributed by atoms with Gasteiger partial charge in [-0.3, -0.25) is 9.78 Å². The molecule has 1 aromatic carbocycles. The fourth-order valence-electron chi connectivity index (χ4n) is 3.68. The number of hydrogen-bond donors (Lipinski definition) is 1. The highest BCUT2D eigenvalue weighted by Crippen LogP contribution is 2.40. The first-order chi connectivity index (χ1) is 14.5. The SMILES string of the molecule is Cc1ccncc1-c1ccc2c(c1)-c1nc(C(=O)N(CCO)C(C)C)sc1CCO2. The molecule has 1 amide bonds. The van der Waals surface area contributed by atoms with E-state index in [9.17, 15) is 9.90 Å². The number of carbonyl (C=O) groups is 1. The van der Waals surface area contributed by atoms with Crippen LogP contribution >= 0.6 is 11.3 Å². The molecule has 1 aliphatic rings. The summed E-state index contributed by atoms with van der Waals surface area (Å²) in [5.41, 5.74) is 4.96. The summed E-state index contributed by atoms with van der Waals surface area (Å²) in [5, 5.41) is 9.80. The maximum Gasteiger partial charge on any atom is 0.283 e. The van der Waals surface area contributed by atoms with Crippen LogP contribution in [-0.2, 0) is 6.42 Å². The second-order valence-corrected chi connectivity index (χ2v) is 8.69. The Bertz CT molecular complexity index is 1080. The number of aromatic nitrogens is 2. The van der Waals surface area contributed by atoms with E-state index in [0.717, 1.165) is 38.6 Å². The molecule has 0 fully saturated rings. The fourth-order valence-corrected chi connectivity index (χ4v) is 4.69. The number of rotatable bonds is 5. The van der Waals surface area contributed by atoms with Crippen molar-refractivity contribution in [3.8, 4) is 28.1 Å². The van der Waals surface area contributed by atoms with E-state index in [0.29, 0.717) is 24.6 Å². The normalized spacial score (nSPS) is 12.7. The van der Waals surface area contributed by atoms with Crippen molar-refractivity contribution < 1.29 is 14.6 Å². The van der Waals surface area contributed by atoms with Gasteiger partial charge in [-0.15, -0.1) is 11.3 Å². The summed E-state index contributed by atoms with van der Waals surface area (Å²) in [4.78, 5) is 24.8. The molecule has 0 saturated carbocycles. The molecule has 0 aliphatic carbocycles. The van der Waals surface area contributed by atoms with Gasteiger partial charge in [0.05, 0.1) is 18.9 Å². The maximum atomic E-state index is 13.0. The van der Waals surface area contributed by atoms with Crippen LogP contribution in [0.3, 0.4) is 0 Å². The first-order valence-electron chi connectivity index (χ1n) is 10.1. The van der Waals surface area contributed by atoms with E-state index in [1.807, 2.05) is 38.2 Å². The number of carbonyl (C=O) groups excluding carboxylic acids is 1. The summed E-state index contributed by atoms with van der Waals surface area (Å²) >= 11 is 1.42. The Kier molecular flexibility index (Phi) is 5.83. The van der Waals surface area contributed by atoms with Crippen molar-refractivity contribution in [2.24, 2.45) is 0 Å². The second-order valence-electron chi connectivity index (χ2n) is 7.61. The molecule has 1 aliphatic heterocycles. The Labute approximate surface area is 180 Å². The van der Waals surface area contributed by atoms with Gasteiger partial charge in [-0.25, -0.2) is 4.98 Å². The number of benzene rings is 1. The highest BCUT2D eigenvalue weighted by atomic mass is 32.1. The van der Waals surface area contributed by atoms with E-state index >= 15 is 0 Å². The minimum atomic E-state index is -0.140. The van der Waals surface area contributed by atoms with Crippen molar-refractivity contribution in [2.75, 3.05) is 19.8 Å². The molecule has 0 unspecified atom stereocenters. The molecule has 2 aromatic heterocycles. The van der Waals surface area contributed by atoms with Gasteiger partial charge in [-0.2, -0.15) is 0 Å². The number of hydrogen-bond acceptors (Lipinski definition) is 6. The van der Waals surface area contributed by atoms with Crippen molar-refractivity contribution in [3.05, 3.63) is 52.1 Å². The van der Waals surface area contributed by atoms with Crippen molar-refractivity contribution in [2.45, 2.75) is 33.2 Å². The van der Waals surface area contributed by atoms with Crippen molar-refractivity contribution in [1.29, 1.82) is 0 Å². The molecule has 3 heterocycles. The molecule has 6 nitrogen and oxygen atoms in total. The number of nitrogens with zero attached hydrogens (tertiary/aromatic N) is 3. The number of aliphatic hydroxyl groups is 1. The third-order valence-corrected chi connectivity index (χ3v) is 6.38. The van der Waals surface area contributed by atoms with Crippen molar-refractivity contribution >= 4 is 17.2 Å². The van der Waals surface area contributed by atoms with Gasteiger partial charge in [0, 0.05) is 47.4 Å². The summed E-state index contributed by atoms with van der Waals surface area (Å²) in [7, 11) is 0. The standard InChI is InChI=1S/C23H25N3O3S/c1-14(2)26(9-10-27)23(28)22-25-21-17-12-16(18-13-24-8-6-15(18)3)4-5-19(17)29-11-7-20(21)30-22/h4-6,8,12-14,27H,7,9-11H2,1-3H3. The lowest BCUT2D eigenvalue weighted by molar-refractivity contribution is 0.0665. The van der Waals surface area contributed by atoms with Gasteiger partial charge >= 0.3 is 0 Å². The topological polar surface area (TPSA) is 75.6 Å². The van der Waals surface area contributed by atoms with E-state index in [4.69, 9.17) is 9.72 Å². The molecule has 0 atom stereocenters. The highest BCUT2D eigenvalue weighted by Gasteiger charge is 2.27. The molecular weight excluding hydrogens is 398 g/mol. The molecule has 0 spiro atoms. The van der Waals surface area contributed by atoms with Crippen LogP contribution in [0.1, 0.15) is 34.1 Å². The molecular formula is C23H25N3O3S. The van der Waals surface area contributed by atoms with Gasteiger partial charge in [0.25, 0.3) is 5.91 Å². The largest absolute Gasteiger partial charge is 0.493 e. The van der Waals surface area contributed by atoms with Gasteiger partial charge in [0.1, 0.15) is 5.75 Å². The number of amides is 1. The first kappa shape index (κ1) is 20.5. The molecule has 156 valence electrons. The average molecular weight is 424 g/mol. The van der Waals surface area contributed by atoms with E-state index in [-0.39, 0.29) is 18.6 Å². The lowest BCUT2D eigenvalue weighted by Crippen LogP contribution is -2.38. The smallest absolute Gasteiger partial charge is 0.283 e. The zero-order valence-electron chi connectivity index (χ0n) is 17.4. The van der Waals surface area contributed by atoms with Gasteiger partial charge in [-0.05, 0) is 50.1 Å². The Morgan fingerprint density at radius 1 is 1.30 bits per heavy atom. The van der Waals surface area contributed by atoms with Crippen LogP contribution in [0.5, 0.6) is 5.75 Å². The minimum Gasteiger partial charge on any atom is -0.493 e. The van der Waals surface area contributed by atoms with Crippen LogP contribution in [0.4, 0.5) is 0 Å². The van der Waals surface area contributed by atoms with Crippen LogP contribution in [0, 0.1) is 6.92 Å². The monoisotopic (exact) mass is 423 g/mol. The quantitative estimate of drug-likeness (QED) is 0.672. The maximum absolute atomic E-state index is 13.0. The van der Waals surface area contributed by atoms with Gasteiger partial charge in [0.15, 0.2) is 5.01 Å². The zero-order chi connectivity index (χ0) is 21.3. The summed E-state index contributed by atoms with van der Waals surface area (Å²) in [5.74, 6) is 0.637. The van der Waals surface area contributed by atoms with Gasteiger partial charge in [-0.1, -0.05) is 6.07 Å². The molecule has 3 aromatic rings. The Morgan fingerprint density at radius 3 is 2.87 bits per heavy atom. The third kappa shape index (κ3) is 3.82. The molecule has 0 radical (unpaired) electrons. The number of fused-ring (bicyclic) bond motifs is 3. The molecule has 0 bridgehead atoms. The highest BCUT2D eigenvalue weighted by molar-refractivity contribution is 7.14. The summed E-state index contributed by atoms with van der Waals surface area (Å²) in [6, 6.07) is 8.06. The Balaban J connectivity index is 1.78. The number of pyridine rings is 1. The van der Waals surface area contributed by atoms with Gasteiger partial charge < -0.3 is 14.7 Å². The van der Waals surface area contributed by atoms with E-state index in [1.54, 1.807) is 11.1 Å². The van der Waals surface area contributed by atoms with Gasteiger partial charge in [0.2, 0.25) is 0 Å². The predicted octanol–water partition coefficient (Wildman–Crippen LogP) is 3.96. The van der Waals surface area contributed by atoms with E-state index in [1.165, 1.54) is 11.3 Å². The van der Waals surface area contributed by atoms with Crippen LogP contribution < -0.4 is 4.74 Å². The van der Waals surface area contributed by atoms with Crippen LogP contribution in [-0.4, -0.2) is 51.7 Å². The Hall–Kier alpha value is -2.77. The number of ether oxygens (including phenoxy) is 1. The second kappa shape index (κ2) is 8.53. The zero-order valence-corrected chi connectivity index (χ0v) is 18.2. The molecule has 1 N–H and O–H groups in total. The van der Waals surface area contributed by atoms with Crippen LogP contribution in [0.15, 0.2) is 36.7 Å². The summed E-state index contributed by atoms with van der Waals surface area (Å²) in [6.07, 6.45) is 4.35. The Morgan fingerprint density at radius 2 is 2.13 bits per heavy atom. The lowest BCUT2D eigenvalue weighted by atomic mass is 9.99. The third-order valence-electron chi connectivity index (χ3n) is 5.28. The molecule has 30 heavy (non-hydrogen) atoms. The number of aliphatic hydroxyl groups excluding tert-OH is 1.